The average molecular weight is 499 g/mol. The molecule has 1 aliphatic heterocycles. The predicted octanol–water partition coefficient (Wildman–Crippen LogP) is 5.60. The van der Waals surface area contributed by atoms with E-state index >= 15 is 0 Å². The van der Waals surface area contributed by atoms with E-state index in [-0.39, 0.29) is 17.9 Å². The van der Waals surface area contributed by atoms with Gasteiger partial charge >= 0.3 is 12.0 Å². The largest absolute Gasteiger partial charge is 0.497 e. The molecule has 0 radical (unpaired) electrons. The molecule has 0 saturated carbocycles. The fourth-order valence-corrected chi connectivity index (χ4v) is 4.81. The molecule has 0 spiro atoms. The van der Waals surface area contributed by atoms with Crippen LogP contribution < -0.4 is 10.1 Å². The average Bonchev–Trinajstić information content (AvgIpc) is 3.33. The molecule has 1 saturated heterocycles. The summed E-state index contributed by atoms with van der Waals surface area (Å²) in [6.45, 7) is 3.33. The Kier molecular flexibility index (Phi) is 7.07. The summed E-state index contributed by atoms with van der Waals surface area (Å²) in [6.07, 6.45) is 3.87. The van der Waals surface area contributed by atoms with Crippen molar-refractivity contribution in [3.63, 3.8) is 0 Å². The van der Waals surface area contributed by atoms with Crippen LogP contribution in [-0.4, -0.2) is 53.1 Å². The van der Waals surface area contributed by atoms with Crippen LogP contribution in [0, 0.1) is 0 Å². The molecule has 8 nitrogen and oxygen atoms in total. The molecule has 37 heavy (non-hydrogen) atoms. The second-order valence-electron chi connectivity index (χ2n) is 9.02. The molecule has 190 valence electrons. The van der Waals surface area contributed by atoms with E-state index in [9.17, 15) is 9.59 Å². The first-order chi connectivity index (χ1) is 18.1. The van der Waals surface area contributed by atoms with Crippen molar-refractivity contribution in [1.29, 1.82) is 0 Å². The number of hydrogen-bond acceptors (Lipinski definition) is 5. The van der Waals surface area contributed by atoms with Gasteiger partial charge in [-0.15, -0.1) is 0 Å². The number of piperidine rings is 1. The number of hydrogen-bond donors (Lipinski definition) is 1. The minimum absolute atomic E-state index is 0.0972. The monoisotopic (exact) mass is 498 g/mol. The van der Waals surface area contributed by atoms with E-state index in [4.69, 9.17) is 14.5 Å². The van der Waals surface area contributed by atoms with Gasteiger partial charge in [0, 0.05) is 36.5 Å². The number of aromatic nitrogens is 2. The van der Waals surface area contributed by atoms with Crippen molar-refractivity contribution >= 4 is 23.2 Å². The molecule has 2 aromatic carbocycles. The number of nitrogens with zero attached hydrogens (tertiary/aromatic N) is 3. The van der Waals surface area contributed by atoms with Crippen LogP contribution in [0.2, 0.25) is 0 Å². The van der Waals surface area contributed by atoms with Crippen molar-refractivity contribution in [3.05, 3.63) is 84.3 Å². The Morgan fingerprint density at radius 3 is 2.70 bits per heavy atom. The van der Waals surface area contributed by atoms with Crippen LogP contribution in [0.5, 0.6) is 5.75 Å². The van der Waals surface area contributed by atoms with Gasteiger partial charge in [-0.2, -0.15) is 0 Å². The quantitative estimate of drug-likeness (QED) is 0.350. The number of carbonyl (C=O) groups excluding carboxylic acids is 2. The molecule has 2 aromatic heterocycles. The number of methoxy groups -OCH3 is 1. The zero-order chi connectivity index (χ0) is 25.8. The van der Waals surface area contributed by atoms with Crippen LogP contribution in [0.1, 0.15) is 41.9 Å². The fraction of sp³-hybridized carbons (Fsp3) is 0.276. The summed E-state index contributed by atoms with van der Waals surface area (Å²) in [7, 11) is 1.66. The van der Waals surface area contributed by atoms with Gasteiger partial charge in [0.2, 0.25) is 0 Å². The smallest absolute Gasteiger partial charge is 0.338 e. The van der Waals surface area contributed by atoms with Gasteiger partial charge in [0.05, 0.1) is 30.5 Å². The van der Waals surface area contributed by atoms with Crippen LogP contribution in [-0.2, 0) is 4.74 Å². The molecule has 8 heteroatoms. The van der Waals surface area contributed by atoms with Gasteiger partial charge in [0.15, 0.2) is 0 Å². The molecular formula is C29H30N4O4. The molecule has 4 aromatic rings. The molecule has 1 unspecified atom stereocenters. The SMILES string of the molecule is CCOC(=O)c1ccc(NC(=O)N2CCCC(c3nc(-c4cccc(OC)c4)c4ccccn34)C2)cc1. The third-order valence-corrected chi connectivity index (χ3v) is 6.64. The first-order valence-corrected chi connectivity index (χ1v) is 12.5. The molecule has 1 atom stereocenters. The zero-order valence-corrected chi connectivity index (χ0v) is 21.0. The molecule has 1 aliphatic rings. The van der Waals surface area contributed by atoms with Gasteiger partial charge in [-0.05, 0) is 68.3 Å². The first-order valence-electron chi connectivity index (χ1n) is 12.5. The van der Waals surface area contributed by atoms with Crippen molar-refractivity contribution in [2.45, 2.75) is 25.7 Å². The maximum Gasteiger partial charge on any atom is 0.338 e. The lowest BCUT2D eigenvalue weighted by molar-refractivity contribution is 0.0526. The van der Waals surface area contributed by atoms with Gasteiger partial charge in [0.1, 0.15) is 11.6 Å². The lowest BCUT2D eigenvalue weighted by Crippen LogP contribution is -2.42. The van der Waals surface area contributed by atoms with Crippen molar-refractivity contribution in [2.24, 2.45) is 0 Å². The van der Waals surface area contributed by atoms with Crippen molar-refractivity contribution < 1.29 is 19.1 Å². The number of carbonyl (C=O) groups is 2. The van der Waals surface area contributed by atoms with E-state index in [0.29, 0.717) is 30.9 Å². The number of likely N-dealkylation sites (tertiary alicyclic amines) is 1. The number of ether oxygens (including phenoxy) is 2. The maximum atomic E-state index is 13.1. The normalized spacial score (nSPS) is 15.4. The van der Waals surface area contributed by atoms with Gasteiger partial charge < -0.3 is 24.1 Å². The zero-order valence-electron chi connectivity index (χ0n) is 21.0. The van der Waals surface area contributed by atoms with Crippen LogP contribution in [0.25, 0.3) is 16.8 Å². The molecule has 3 heterocycles. The number of pyridine rings is 1. The minimum Gasteiger partial charge on any atom is -0.497 e. The Morgan fingerprint density at radius 2 is 1.92 bits per heavy atom. The number of esters is 1. The number of anilines is 1. The van der Waals surface area contributed by atoms with Gasteiger partial charge in [-0.3, -0.25) is 0 Å². The van der Waals surface area contributed by atoms with Crippen LogP contribution in [0.15, 0.2) is 72.9 Å². The summed E-state index contributed by atoms with van der Waals surface area (Å²) in [5.74, 6) is 1.45. The molecular weight excluding hydrogens is 468 g/mol. The summed E-state index contributed by atoms with van der Waals surface area (Å²) in [5.41, 5.74) is 4.00. The topological polar surface area (TPSA) is 85.2 Å². The maximum absolute atomic E-state index is 13.1. The second kappa shape index (κ2) is 10.7. The number of amides is 2. The highest BCUT2D eigenvalue weighted by molar-refractivity contribution is 5.92. The minimum atomic E-state index is -0.375. The summed E-state index contributed by atoms with van der Waals surface area (Å²) in [4.78, 5) is 31.9. The molecule has 0 bridgehead atoms. The third kappa shape index (κ3) is 5.14. The molecule has 1 N–H and O–H groups in total. The molecule has 5 rings (SSSR count). The van der Waals surface area contributed by atoms with E-state index in [1.807, 2.05) is 47.5 Å². The summed E-state index contributed by atoms with van der Waals surface area (Å²) in [6, 6.07) is 20.6. The van der Waals surface area contributed by atoms with Gasteiger partial charge in [-0.1, -0.05) is 18.2 Å². The lowest BCUT2D eigenvalue weighted by atomic mass is 9.97. The Labute approximate surface area is 215 Å². The number of imidazole rings is 1. The molecule has 0 aliphatic carbocycles. The number of urea groups is 1. The fourth-order valence-electron chi connectivity index (χ4n) is 4.81. The third-order valence-electron chi connectivity index (χ3n) is 6.64. The van der Waals surface area contributed by atoms with Crippen LogP contribution in [0.3, 0.4) is 0 Å². The number of nitrogens with one attached hydrogen (secondary N) is 1. The van der Waals surface area contributed by atoms with E-state index in [2.05, 4.69) is 15.8 Å². The van der Waals surface area contributed by atoms with Gasteiger partial charge in [0.25, 0.3) is 0 Å². The standard InChI is InChI=1S/C29H30N4O4/c1-3-37-28(34)20-12-14-23(15-13-20)30-29(35)32-16-7-9-22(19-32)27-31-26(25-11-4-5-17-33(25)27)21-8-6-10-24(18-21)36-2/h4-6,8,10-15,17-18,22H,3,7,9,16,19H2,1-2H3,(H,30,35). The first kappa shape index (κ1) is 24.4. The molecule has 1 fully saturated rings. The van der Waals surface area contributed by atoms with E-state index in [1.165, 1.54) is 0 Å². The highest BCUT2D eigenvalue weighted by Gasteiger charge is 2.29. The van der Waals surface area contributed by atoms with E-state index < -0.39 is 0 Å². The Bertz CT molecular complexity index is 1410. The number of fused-ring (bicyclic) bond motifs is 1. The van der Waals surface area contributed by atoms with Crippen molar-refractivity contribution in [3.8, 4) is 17.0 Å². The van der Waals surface area contributed by atoms with E-state index in [1.54, 1.807) is 38.3 Å². The Morgan fingerprint density at radius 1 is 1.08 bits per heavy atom. The Hall–Kier alpha value is -4.33. The number of rotatable bonds is 6. The van der Waals surface area contributed by atoms with Gasteiger partial charge in [-0.25, -0.2) is 14.6 Å². The number of benzene rings is 2. The van der Waals surface area contributed by atoms with Crippen LogP contribution >= 0.6 is 0 Å². The highest BCUT2D eigenvalue weighted by Crippen LogP contribution is 2.33. The van der Waals surface area contributed by atoms with Crippen molar-refractivity contribution in [2.75, 3.05) is 32.1 Å². The molecule has 2 amide bonds. The Balaban J connectivity index is 1.35. The second-order valence-corrected chi connectivity index (χ2v) is 9.02. The predicted molar refractivity (Wildman–Crippen MR) is 142 cm³/mol. The summed E-state index contributed by atoms with van der Waals surface area (Å²) < 4.78 is 12.6. The lowest BCUT2D eigenvalue weighted by Gasteiger charge is -2.32. The van der Waals surface area contributed by atoms with Crippen molar-refractivity contribution in [1.82, 2.24) is 14.3 Å². The summed E-state index contributed by atoms with van der Waals surface area (Å²) >= 11 is 0. The van der Waals surface area contributed by atoms with E-state index in [0.717, 1.165) is 41.2 Å². The summed E-state index contributed by atoms with van der Waals surface area (Å²) in [5, 5.41) is 2.96. The highest BCUT2D eigenvalue weighted by atomic mass is 16.5. The van der Waals surface area contributed by atoms with Crippen LogP contribution in [0.4, 0.5) is 10.5 Å².